The molecule has 1 nitrogen and oxygen atoms in total. The number of hydrogen-bond acceptors (Lipinski definition) is 1. The zero-order valence-corrected chi connectivity index (χ0v) is 15.4. The number of unbranched alkanes of at least 4 members (excludes halogenated alkanes) is 9. The van der Waals surface area contributed by atoms with E-state index in [1.54, 1.807) is 0 Å². The summed E-state index contributed by atoms with van der Waals surface area (Å²) in [5, 5.41) is 0. The molecule has 0 radical (unpaired) electrons. The van der Waals surface area contributed by atoms with Crippen molar-refractivity contribution in [2.45, 2.75) is 117 Å². The fraction of sp³-hybridized carbons (Fsp3) is 1.00. The van der Waals surface area contributed by atoms with Gasteiger partial charge >= 0.3 is 0 Å². The Morgan fingerprint density at radius 3 is 1.29 bits per heavy atom. The van der Waals surface area contributed by atoms with Crippen molar-refractivity contribution in [2.24, 2.45) is 11.1 Å². The van der Waals surface area contributed by atoms with Gasteiger partial charge in [-0.15, -0.1) is 0 Å². The second kappa shape index (κ2) is 14.9. The monoisotopic (exact) mass is 297 g/mol. The average molecular weight is 298 g/mol. The molecule has 0 rings (SSSR count). The number of nitrogens with two attached hydrogens (primary N) is 1. The van der Waals surface area contributed by atoms with Crippen LogP contribution < -0.4 is 5.73 Å². The minimum atomic E-state index is 0.467. The van der Waals surface area contributed by atoms with E-state index in [0.29, 0.717) is 5.41 Å². The Hall–Kier alpha value is -0.0400. The molecular formula is C20H43N. The van der Waals surface area contributed by atoms with Gasteiger partial charge in [0.1, 0.15) is 0 Å². The van der Waals surface area contributed by atoms with Crippen molar-refractivity contribution in [1.82, 2.24) is 0 Å². The predicted molar refractivity (Wildman–Crippen MR) is 97.8 cm³/mol. The zero-order valence-electron chi connectivity index (χ0n) is 15.4. The van der Waals surface area contributed by atoms with Crippen molar-refractivity contribution in [3.63, 3.8) is 0 Å². The van der Waals surface area contributed by atoms with Crippen LogP contribution in [0.1, 0.15) is 117 Å². The first-order valence-corrected chi connectivity index (χ1v) is 9.94. The predicted octanol–water partition coefficient (Wildman–Crippen LogP) is 6.84. The molecular weight excluding hydrogens is 254 g/mol. The highest BCUT2D eigenvalue weighted by molar-refractivity contribution is 4.80. The van der Waals surface area contributed by atoms with E-state index >= 15 is 0 Å². The van der Waals surface area contributed by atoms with Crippen molar-refractivity contribution in [3.05, 3.63) is 0 Å². The molecule has 0 bridgehead atoms. The fourth-order valence-electron chi connectivity index (χ4n) is 3.44. The molecule has 0 aromatic rings. The first kappa shape index (κ1) is 21.0. The van der Waals surface area contributed by atoms with E-state index in [-0.39, 0.29) is 0 Å². The third kappa shape index (κ3) is 11.2. The van der Waals surface area contributed by atoms with Crippen LogP contribution in [0.25, 0.3) is 0 Å². The molecule has 0 unspecified atom stereocenters. The van der Waals surface area contributed by atoms with Gasteiger partial charge < -0.3 is 5.73 Å². The highest BCUT2D eigenvalue weighted by atomic mass is 14.6. The maximum Gasteiger partial charge on any atom is -0.00205 e. The fourth-order valence-corrected chi connectivity index (χ4v) is 3.44. The highest BCUT2D eigenvalue weighted by Crippen LogP contribution is 2.36. The van der Waals surface area contributed by atoms with Crippen LogP contribution in [0, 0.1) is 5.41 Å². The molecule has 0 atom stereocenters. The molecule has 0 amide bonds. The summed E-state index contributed by atoms with van der Waals surface area (Å²) in [6.07, 6.45) is 20.7. The minimum absolute atomic E-state index is 0.467. The van der Waals surface area contributed by atoms with Crippen molar-refractivity contribution in [3.8, 4) is 0 Å². The number of rotatable bonds is 16. The number of hydrogen-bond donors (Lipinski definition) is 1. The van der Waals surface area contributed by atoms with E-state index in [1.165, 1.54) is 96.3 Å². The average Bonchev–Trinajstić information content (AvgIpc) is 2.51. The lowest BCUT2D eigenvalue weighted by atomic mass is 9.74. The summed E-state index contributed by atoms with van der Waals surface area (Å²) < 4.78 is 0. The molecule has 1 heteroatoms. The maximum absolute atomic E-state index is 6.23. The van der Waals surface area contributed by atoms with Gasteiger partial charge in [0.15, 0.2) is 0 Å². The quantitative estimate of drug-likeness (QED) is 0.310. The third-order valence-corrected chi connectivity index (χ3v) is 5.11. The zero-order chi connectivity index (χ0) is 15.8. The molecule has 2 N–H and O–H groups in total. The molecule has 0 aliphatic heterocycles. The third-order valence-electron chi connectivity index (χ3n) is 5.11. The van der Waals surface area contributed by atoms with E-state index < -0.39 is 0 Å². The van der Waals surface area contributed by atoms with Crippen LogP contribution in [-0.4, -0.2) is 6.54 Å². The van der Waals surface area contributed by atoms with Crippen molar-refractivity contribution in [1.29, 1.82) is 0 Å². The first-order valence-electron chi connectivity index (χ1n) is 9.94. The summed E-state index contributed by atoms with van der Waals surface area (Å²) in [5.74, 6) is 0. The summed E-state index contributed by atoms with van der Waals surface area (Å²) in [7, 11) is 0. The van der Waals surface area contributed by atoms with Gasteiger partial charge in [0.05, 0.1) is 0 Å². The van der Waals surface area contributed by atoms with Gasteiger partial charge in [-0.3, -0.25) is 0 Å². The van der Waals surface area contributed by atoms with E-state index in [2.05, 4.69) is 20.8 Å². The lowest BCUT2D eigenvalue weighted by Crippen LogP contribution is -2.30. The Bertz CT molecular complexity index is 186. The second-order valence-corrected chi connectivity index (χ2v) is 7.14. The summed E-state index contributed by atoms with van der Waals surface area (Å²) in [4.78, 5) is 0. The molecule has 0 saturated heterocycles. The van der Waals surface area contributed by atoms with Crippen molar-refractivity contribution in [2.75, 3.05) is 6.54 Å². The second-order valence-electron chi connectivity index (χ2n) is 7.14. The Morgan fingerprint density at radius 1 is 0.524 bits per heavy atom. The Labute approximate surface area is 135 Å². The molecule has 0 spiro atoms. The Balaban J connectivity index is 4.11. The van der Waals surface area contributed by atoms with Crippen LogP contribution in [0.15, 0.2) is 0 Å². The maximum atomic E-state index is 6.23. The SMILES string of the molecule is CCCCCCCC(CN)(CCCC)CCCCCCC. The van der Waals surface area contributed by atoms with Crippen LogP contribution in [0.4, 0.5) is 0 Å². The molecule has 0 aromatic heterocycles. The van der Waals surface area contributed by atoms with Gasteiger partial charge in [-0.25, -0.2) is 0 Å². The van der Waals surface area contributed by atoms with Crippen LogP contribution in [-0.2, 0) is 0 Å². The Morgan fingerprint density at radius 2 is 0.905 bits per heavy atom. The first-order chi connectivity index (χ1) is 10.2. The van der Waals surface area contributed by atoms with Crippen LogP contribution in [0.3, 0.4) is 0 Å². The van der Waals surface area contributed by atoms with Gasteiger partial charge in [-0.1, -0.05) is 97.8 Å². The van der Waals surface area contributed by atoms with Crippen LogP contribution in [0.2, 0.25) is 0 Å². The smallest absolute Gasteiger partial charge is 0.00205 e. The topological polar surface area (TPSA) is 26.0 Å². The van der Waals surface area contributed by atoms with Crippen molar-refractivity contribution < 1.29 is 0 Å². The lowest BCUT2D eigenvalue weighted by Gasteiger charge is -2.33. The molecule has 0 aliphatic rings. The van der Waals surface area contributed by atoms with Crippen LogP contribution >= 0.6 is 0 Å². The molecule has 0 aliphatic carbocycles. The summed E-state index contributed by atoms with van der Waals surface area (Å²) >= 11 is 0. The minimum Gasteiger partial charge on any atom is -0.330 e. The molecule has 128 valence electrons. The Kier molecular flexibility index (Phi) is 14.9. The molecule has 0 aromatic carbocycles. The van der Waals surface area contributed by atoms with E-state index in [0.717, 1.165) is 6.54 Å². The van der Waals surface area contributed by atoms with E-state index in [4.69, 9.17) is 5.73 Å². The van der Waals surface area contributed by atoms with E-state index in [9.17, 15) is 0 Å². The summed E-state index contributed by atoms with van der Waals surface area (Å²) in [5.41, 5.74) is 6.70. The standard InChI is InChI=1S/C20H43N/c1-4-7-10-12-14-17-20(19-21,16-9-6-3)18-15-13-11-8-5-2/h4-19,21H2,1-3H3. The largest absolute Gasteiger partial charge is 0.330 e. The van der Waals surface area contributed by atoms with Gasteiger partial charge in [-0.05, 0) is 31.2 Å². The summed E-state index contributed by atoms with van der Waals surface area (Å²) in [6.45, 7) is 7.81. The van der Waals surface area contributed by atoms with Crippen LogP contribution in [0.5, 0.6) is 0 Å². The molecule has 0 heterocycles. The van der Waals surface area contributed by atoms with Gasteiger partial charge in [0, 0.05) is 0 Å². The van der Waals surface area contributed by atoms with Gasteiger partial charge in [0.25, 0.3) is 0 Å². The normalized spacial score (nSPS) is 12.0. The summed E-state index contributed by atoms with van der Waals surface area (Å²) in [6, 6.07) is 0. The van der Waals surface area contributed by atoms with Crippen molar-refractivity contribution >= 4 is 0 Å². The molecule has 21 heavy (non-hydrogen) atoms. The van der Waals surface area contributed by atoms with E-state index in [1.807, 2.05) is 0 Å². The lowest BCUT2D eigenvalue weighted by molar-refractivity contribution is 0.206. The molecule has 0 saturated carbocycles. The molecule has 0 fully saturated rings. The van der Waals surface area contributed by atoms with Gasteiger partial charge in [0.2, 0.25) is 0 Å². The van der Waals surface area contributed by atoms with Gasteiger partial charge in [-0.2, -0.15) is 0 Å². The highest BCUT2D eigenvalue weighted by Gasteiger charge is 2.26.